The van der Waals surface area contributed by atoms with Crippen molar-refractivity contribution in [1.29, 1.82) is 0 Å². The van der Waals surface area contributed by atoms with Gasteiger partial charge in [0.25, 0.3) is 0 Å². The summed E-state index contributed by atoms with van der Waals surface area (Å²) in [7, 11) is 1.54. The van der Waals surface area contributed by atoms with E-state index in [4.69, 9.17) is 22.1 Å². The van der Waals surface area contributed by atoms with Gasteiger partial charge in [-0.2, -0.15) is 0 Å². The standard InChI is InChI=1S/C14H12BrClFNO/c1-19-12-7-8(5-6-10(12)16)14(18)9-3-2-4-11(17)13(9)15/h2-7,14H,18H2,1H3. The van der Waals surface area contributed by atoms with Crippen molar-refractivity contribution in [3.63, 3.8) is 0 Å². The van der Waals surface area contributed by atoms with Gasteiger partial charge < -0.3 is 10.5 Å². The van der Waals surface area contributed by atoms with Crippen molar-refractivity contribution in [3.05, 3.63) is 62.8 Å². The third kappa shape index (κ3) is 2.91. The van der Waals surface area contributed by atoms with Crippen molar-refractivity contribution in [1.82, 2.24) is 0 Å². The minimum atomic E-state index is -0.462. The Morgan fingerprint density at radius 2 is 2.05 bits per heavy atom. The highest BCUT2D eigenvalue weighted by molar-refractivity contribution is 9.10. The molecule has 2 rings (SSSR count). The molecule has 0 heterocycles. The van der Waals surface area contributed by atoms with Gasteiger partial charge >= 0.3 is 0 Å². The molecule has 2 aromatic rings. The van der Waals surface area contributed by atoms with Crippen LogP contribution in [0.2, 0.25) is 5.02 Å². The first-order valence-corrected chi connectivity index (χ1v) is 6.74. The molecule has 0 aliphatic rings. The maximum Gasteiger partial charge on any atom is 0.137 e. The van der Waals surface area contributed by atoms with E-state index in [1.165, 1.54) is 13.2 Å². The Bertz CT molecular complexity index is 606. The zero-order valence-electron chi connectivity index (χ0n) is 10.2. The number of nitrogens with two attached hydrogens (primary N) is 1. The lowest BCUT2D eigenvalue weighted by Gasteiger charge is -2.16. The summed E-state index contributed by atoms with van der Waals surface area (Å²) >= 11 is 9.18. The molecule has 2 N–H and O–H groups in total. The maximum absolute atomic E-state index is 13.5. The van der Waals surface area contributed by atoms with Crippen molar-refractivity contribution in [3.8, 4) is 5.75 Å². The highest BCUT2D eigenvalue weighted by atomic mass is 79.9. The number of methoxy groups -OCH3 is 1. The molecule has 0 aliphatic heterocycles. The van der Waals surface area contributed by atoms with Gasteiger partial charge in [0.15, 0.2) is 0 Å². The molecule has 0 aliphatic carbocycles. The molecule has 0 aromatic heterocycles. The summed E-state index contributed by atoms with van der Waals surface area (Å²) in [6, 6.07) is 9.58. The second-order valence-corrected chi connectivity index (χ2v) is 5.21. The van der Waals surface area contributed by atoms with Crippen LogP contribution in [0.4, 0.5) is 4.39 Å². The Kier molecular flexibility index (Phi) is 4.45. The van der Waals surface area contributed by atoms with Gasteiger partial charge in [-0.15, -0.1) is 0 Å². The van der Waals surface area contributed by atoms with Gasteiger partial charge in [-0.25, -0.2) is 4.39 Å². The lowest BCUT2D eigenvalue weighted by atomic mass is 9.99. The Morgan fingerprint density at radius 1 is 1.32 bits per heavy atom. The van der Waals surface area contributed by atoms with E-state index in [1.54, 1.807) is 30.3 Å². The van der Waals surface area contributed by atoms with E-state index in [1.807, 2.05) is 0 Å². The summed E-state index contributed by atoms with van der Waals surface area (Å²) in [4.78, 5) is 0. The van der Waals surface area contributed by atoms with Crippen molar-refractivity contribution in [2.24, 2.45) is 5.73 Å². The first kappa shape index (κ1) is 14.3. The molecule has 5 heteroatoms. The molecule has 0 fully saturated rings. The third-order valence-corrected chi connectivity index (χ3v) is 4.00. The van der Waals surface area contributed by atoms with Crippen LogP contribution in [0, 0.1) is 5.82 Å². The highest BCUT2D eigenvalue weighted by Crippen LogP contribution is 2.32. The summed E-state index contributed by atoms with van der Waals surface area (Å²) in [5, 5.41) is 0.511. The molecule has 0 spiro atoms. The molecule has 0 saturated heterocycles. The summed E-state index contributed by atoms with van der Waals surface area (Å²) in [6.45, 7) is 0. The van der Waals surface area contributed by atoms with Gasteiger partial charge in [0.2, 0.25) is 0 Å². The van der Waals surface area contributed by atoms with Crippen LogP contribution in [0.3, 0.4) is 0 Å². The van der Waals surface area contributed by atoms with Crippen LogP contribution in [0.25, 0.3) is 0 Å². The number of hydrogen-bond donors (Lipinski definition) is 1. The quantitative estimate of drug-likeness (QED) is 0.901. The zero-order chi connectivity index (χ0) is 14.0. The summed E-state index contributed by atoms with van der Waals surface area (Å²) < 4.78 is 19.0. The number of rotatable bonds is 3. The Hall–Kier alpha value is -1.10. The van der Waals surface area contributed by atoms with Crippen LogP contribution in [0.15, 0.2) is 40.9 Å². The third-order valence-electron chi connectivity index (χ3n) is 2.85. The van der Waals surface area contributed by atoms with Gasteiger partial charge in [0.1, 0.15) is 11.6 Å². The van der Waals surface area contributed by atoms with Crippen LogP contribution in [-0.2, 0) is 0 Å². The number of ether oxygens (including phenoxy) is 1. The van der Waals surface area contributed by atoms with Crippen molar-refractivity contribution >= 4 is 27.5 Å². The first-order chi connectivity index (χ1) is 9.04. The van der Waals surface area contributed by atoms with Gasteiger partial charge in [-0.05, 0) is 45.3 Å². The van der Waals surface area contributed by atoms with E-state index in [-0.39, 0.29) is 5.82 Å². The van der Waals surface area contributed by atoms with E-state index in [9.17, 15) is 4.39 Å². The van der Waals surface area contributed by atoms with Gasteiger partial charge in [-0.1, -0.05) is 29.8 Å². The second-order valence-electron chi connectivity index (χ2n) is 4.01. The summed E-state index contributed by atoms with van der Waals surface area (Å²) in [5.74, 6) is 0.205. The van der Waals surface area contributed by atoms with Gasteiger partial charge in [-0.3, -0.25) is 0 Å². The molecule has 2 nitrogen and oxygen atoms in total. The van der Waals surface area contributed by atoms with E-state index in [0.29, 0.717) is 20.8 Å². The van der Waals surface area contributed by atoms with E-state index >= 15 is 0 Å². The normalized spacial score (nSPS) is 12.3. The van der Waals surface area contributed by atoms with Crippen LogP contribution >= 0.6 is 27.5 Å². The molecule has 2 aromatic carbocycles. The minimum Gasteiger partial charge on any atom is -0.495 e. The molecule has 1 unspecified atom stereocenters. The fourth-order valence-corrected chi connectivity index (χ4v) is 2.52. The topological polar surface area (TPSA) is 35.2 Å². The highest BCUT2D eigenvalue weighted by Gasteiger charge is 2.16. The van der Waals surface area contributed by atoms with E-state index in [2.05, 4.69) is 15.9 Å². The lowest BCUT2D eigenvalue weighted by Crippen LogP contribution is -2.13. The molecule has 0 radical (unpaired) electrons. The molecule has 0 saturated carbocycles. The Balaban J connectivity index is 2.44. The number of benzene rings is 2. The summed E-state index contributed by atoms with van der Waals surface area (Å²) in [6.07, 6.45) is 0. The van der Waals surface area contributed by atoms with Crippen molar-refractivity contribution < 1.29 is 9.13 Å². The molecular weight excluding hydrogens is 333 g/mol. The molecule has 1 atom stereocenters. The Morgan fingerprint density at radius 3 is 2.74 bits per heavy atom. The monoisotopic (exact) mass is 343 g/mol. The largest absolute Gasteiger partial charge is 0.495 e. The molecule has 0 amide bonds. The first-order valence-electron chi connectivity index (χ1n) is 5.57. The molecule has 100 valence electrons. The van der Waals surface area contributed by atoms with E-state index in [0.717, 1.165) is 5.56 Å². The van der Waals surface area contributed by atoms with Crippen LogP contribution in [0.5, 0.6) is 5.75 Å². The lowest BCUT2D eigenvalue weighted by molar-refractivity contribution is 0.414. The predicted molar refractivity (Wildman–Crippen MR) is 78.1 cm³/mol. The smallest absolute Gasteiger partial charge is 0.137 e. The second kappa shape index (κ2) is 5.90. The molecule has 0 bridgehead atoms. The van der Waals surface area contributed by atoms with Crippen molar-refractivity contribution in [2.45, 2.75) is 6.04 Å². The number of hydrogen-bond acceptors (Lipinski definition) is 2. The fraction of sp³-hybridized carbons (Fsp3) is 0.143. The zero-order valence-corrected chi connectivity index (χ0v) is 12.5. The van der Waals surface area contributed by atoms with E-state index < -0.39 is 6.04 Å². The predicted octanol–water partition coefficient (Wildman–Crippen LogP) is 4.30. The SMILES string of the molecule is COc1cc(C(N)c2cccc(F)c2Br)ccc1Cl. The maximum atomic E-state index is 13.5. The van der Waals surface area contributed by atoms with Crippen LogP contribution < -0.4 is 10.5 Å². The molecular formula is C14H12BrClFNO. The average molecular weight is 345 g/mol. The van der Waals surface area contributed by atoms with Crippen molar-refractivity contribution in [2.75, 3.05) is 7.11 Å². The Labute approximate surface area is 124 Å². The summed E-state index contributed by atoms with van der Waals surface area (Å²) in [5.41, 5.74) is 7.63. The van der Waals surface area contributed by atoms with Crippen LogP contribution in [-0.4, -0.2) is 7.11 Å². The fourth-order valence-electron chi connectivity index (χ4n) is 1.81. The number of halogens is 3. The van der Waals surface area contributed by atoms with Gasteiger partial charge in [0, 0.05) is 0 Å². The van der Waals surface area contributed by atoms with Crippen LogP contribution in [0.1, 0.15) is 17.2 Å². The average Bonchev–Trinajstić information content (AvgIpc) is 2.41. The molecule has 19 heavy (non-hydrogen) atoms. The van der Waals surface area contributed by atoms with Gasteiger partial charge in [0.05, 0.1) is 22.6 Å². The minimum absolute atomic E-state index is 0.339.